The standard InChI is InChI=1S/C21H17F2N3O2/c22-17-5-1-3-14(9-17)12-25-20(27)16-7-8-24-19(11-16)21(28)26-13-15-4-2-6-18(23)10-15/h1-11H,12-13H2,(H,25,27)(H,26,28). The predicted octanol–water partition coefficient (Wildman–Crippen LogP) is 3.22. The highest BCUT2D eigenvalue weighted by Crippen LogP contribution is 2.07. The normalized spacial score (nSPS) is 10.4. The van der Waals surface area contributed by atoms with E-state index in [4.69, 9.17) is 0 Å². The highest BCUT2D eigenvalue weighted by molar-refractivity contribution is 5.98. The van der Waals surface area contributed by atoms with Crippen molar-refractivity contribution in [2.45, 2.75) is 13.1 Å². The van der Waals surface area contributed by atoms with Crippen molar-refractivity contribution in [3.05, 3.63) is 101 Å². The molecular weight excluding hydrogens is 364 g/mol. The van der Waals surface area contributed by atoms with E-state index >= 15 is 0 Å². The second-order valence-corrected chi connectivity index (χ2v) is 6.05. The molecule has 1 aromatic heterocycles. The number of hydrogen-bond donors (Lipinski definition) is 2. The molecule has 0 aliphatic heterocycles. The Hall–Kier alpha value is -3.61. The van der Waals surface area contributed by atoms with Crippen molar-refractivity contribution in [3.8, 4) is 0 Å². The molecule has 28 heavy (non-hydrogen) atoms. The zero-order valence-corrected chi connectivity index (χ0v) is 14.8. The third-order valence-corrected chi connectivity index (χ3v) is 3.94. The molecule has 0 saturated heterocycles. The number of nitrogens with one attached hydrogen (secondary N) is 2. The van der Waals surface area contributed by atoms with Crippen molar-refractivity contribution in [1.29, 1.82) is 0 Å². The minimum Gasteiger partial charge on any atom is -0.348 e. The van der Waals surface area contributed by atoms with Gasteiger partial charge >= 0.3 is 0 Å². The van der Waals surface area contributed by atoms with Crippen LogP contribution in [0.5, 0.6) is 0 Å². The summed E-state index contributed by atoms with van der Waals surface area (Å²) in [6, 6.07) is 14.6. The number of halogens is 2. The summed E-state index contributed by atoms with van der Waals surface area (Å²) in [7, 11) is 0. The lowest BCUT2D eigenvalue weighted by atomic mass is 10.1. The number of aromatic nitrogens is 1. The lowest BCUT2D eigenvalue weighted by molar-refractivity contribution is 0.0946. The average Bonchev–Trinajstić information content (AvgIpc) is 2.70. The lowest BCUT2D eigenvalue weighted by Crippen LogP contribution is -2.26. The molecule has 142 valence electrons. The summed E-state index contributed by atoms with van der Waals surface area (Å²) in [5.74, 6) is -1.66. The van der Waals surface area contributed by atoms with Crippen LogP contribution in [0.2, 0.25) is 0 Å². The number of benzene rings is 2. The average molecular weight is 381 g/mol. The number of hydrogen-bond acceptors (Lipinski definition) is 3. The van der Waals surface area contributed by atoms with Crippen LogP contribution < -0.4 is 10.6 Å². The van der Waals surface area contributed by atoms with Gasteiger partial charge in [-0.15, -0.1) is 0 Å². The Labute approximate surface area is 160 Å². The van der Waals surface area contributed by atoms with E-state index in [1.807, 2.05) is 0 Å². The van der Waals surface area contributed by atoms with Crippen LogP contribution >= 0.6 is 0 Å². The fourth-order valence-electron chi connectivity index (χ4n) is 2.55. The second kappa shape index (κ2) is 8.85. The minimum atomic E-state index is -0.482. The van der Waals surface area contributed by atoms with Gasteiger partial charge in [-0.1, -0.05) is 24.3 Å². The molecule has 2 N–H and O–H groups in total. The van der Waals surface area contributed by atoms with Crippen molar-refractivity contribution in [2.24, 2.45) is 0 Å². The first-order chi connectivity index (χ1) is 13.5. The molecule has 0 aliphatic rings. The number of amides is 2. The number of nitrogens with zero attached hydrogens (tertiary/aromatic N) is 1. The Morgan fingerprint density at radius 2 is 1.36 bits per heavy atom. The smallest absolute Gasteiger partial charge is 0.270 e. The van der Waals surface area contributed by atoms with Gasteiger partial charge in [0.1, 0.15) is 17.3 Å². The monoisotopic (exact) mass is 381 g/mol. The van der Waals surface area contributed by atoms with Crippen molar-refractivity contribution in [1.82, 2.24) is 15.6 Å². The number of rotatable bonds is 6. The summed E-state index contributed by atoms with van der Waals surface area (Å²) < 4.78 is 26.4. The van der Waals surface area contributed by atoms with E-state index in [9.17, 15) is 18.4 Å². The maximum absolute atomic E-state index is 13.2. The first-order valence-corrected chi connectivity index (χ1v) is 8.52. The summed E-state index contributed by atoms with van der Waals surface area (Å²) in [5, 5.41) is 5.30. The Kier molecular flexibility index (Phi) is 6.06. The molecule has 5 nitrogen and oxygen atoms in total. The summed E-state index contributed by atoms with van der Waals surface area (Å²) in [6.45, 7) is 0.286. The van der Waals surface area contributed by atoms with Crippen LogP contribution in [0.25, 0.3) is 0 Å². The van der Waals surface area contributed by atoms with Gasteiger partial charge in [-0.3, -0.25) is 14.6 Å². The van der Waals surface area contributed by atoms with E-state index in [0.29, 0.717) is 11.1 Å². The topological polar surface area (TPSA) is 71.1 Å². The highest BCUT2D eigenvalue weighted by atomic mass is 19.1. The number of carbonyl (C=O) groups is 2. The van der Waals surface area contributed by atoms with Crippen molar-refractivity contribution in [3.63, 3.8) is 0 Å². The summed E-state index contributed by atoms with van der Waals surface area (Å²) >= 11 is 0. The van der Waals surface area contributed by atoms with E-state index < -0.39 is 11.8 Å². The molecule has 0 fully saturated rings. The van der Waals surface area contributed by atoms with Gasteiger partial charge in [0.2, 0.25) is 0 Å². The van der Waals surface area contributed by atoms with Crippen LogP contribution in [0.3, 0.4) is 0 Å². The quantitative estimate of drug-likeness (QED) is 0.689. The van der Waals surface area contributed by atoms with Crippen molar-refractivity contribution >= 4 is 11.8 Å². The third kappa shape index (κ3) is 5.20. The van der Waals surface area contributed by atoms with Gasteiger partial charge in [-0.2, -0.15) is 0 Å². The van der Waals surface area contributed by atoms with E-state index in [2.05, 4.69) is 15.6 Å². The largest absolute Gasteiger partial charge is 0.348 e. The molecule has 0 saturated carbocycles. The van der Waals surface area contributed by atoms with E-state index in [-0.39, 0.29) is 36.0 Å². The Morgan fingerprint density at radius 1 is 0.786 bits per heavy atom. The molecule has 0 unspecified atom stereocenters. The van der Waals surface area contributed by atoms with Gasteiger partial charge in [0.05, 0.1) is 0 Å². The summed E-state index contributed by atoms with van der Waals surface area (Å²) in [5.41, 5.74) is 1.55. The van der Waals surface area contributed by atoms with Crippen LogP contribution in [0.1, 0.15) is 32.0 Å². The van der Waals surface area contributed by atoms with E-state index in [1.54, 1.807) is 24.3 Å². The van der Waals surface area contributed by atoms with Gasteiger partial charge in [-0.25, -0.2) is 8.78 Å². The fraction of sp³-hybridized carbons (Fsp3) is 0.0952. The predicted molar refractivity (Wildman–Crippen MR) is 99.4 cm³/mol. The molecule has 2 aromatic carbocycles. The number of carbonyl (C=O) groups excluding carboxylic acids is 2. The molecule has 3 aromatic rings. The molecule has 7 heteroatoms. The SMILES string of the molecule is O=C(NCc1cccc(F)c1)c1ccnc(C(=O)NCc2cccc(F)c2)c1. The first-order valence-electron chi connectivity index (χ1n) is 8.52. The molecule has 3 rings (SSSR count). The maximum Gasteiger partial charge on any atom is 0.270 e. The maximum atomic E-state index is 13.2. The molecule has 0 bridgehead atoms. The van der Waals surface area contributed by atoms with Crippen molar-refractivity contribution in [2.75, 3.05) is 0 Å². The number of pyridine rings is 1. The molecule has 1 heterocycles. The van der Waals surface area contributed by atoms with E-state index in [0.717, 1.165) is 0 Å². The van der Waals surface area contributed by atoms with Crippen LogP contribution in [0.4, 0.5) is 8.78 Å². The van der Waals surface area contributed by atoms with Gasteiger partial charge in [-0.05, 0) is 47.5 Å². The van der Waals surface area contributed by atoms with Crippen molar-refractivity contribution < 1.29 is 18.4 Å². The third-order valence-electron chi connectivity index (χ3n) is 3.94. The summed E-state index contributed by atoms with van der Waals surface area (Å²) in [4.78, 5) is 28.5. The Morgan fingerprint density at radius 3 is 1.93 bits per heavy atom. The molecular formula is C21H17F2N3O2. The van der Waals surface area contributed by atoms with Gasteiger partial charge in [0, 0.05) is 24.8 Å². The summed E-state index contributed by atoms with van der Waals surface area (Å²) in [6.07, 6.45) is 1.36. The lowest BCUT2D eigenvalue weighted by Gasteiger charge is -2.08. The zero-order chi connectivity index (χ0) is 19.9. The van der Waals surface area contributed by atoms with Gasteiger partial charge in [0.15, 0.2) is 0 Å². The van der Waals surface area contributed by atoms with Crippen LogP contribution in [0.15, 0.2) is 66.9 Å². The molecule has 0 aliphatic carbocycles. The second-order valence-electron chi connectivity index (χ2n) is 6.05. The Bertz CT molecular complexity index is 931. The van der Waals surface area contributed by atoms with Crippen LogP contribution in [-0.2, 0) is 13.1 Å². The van der Waals surface area contributed by atoms with Gasteiger partial charge in [0.25, 0.3) is 11.8 Å². The minimum absolute atomic E-state index is 0.0646. The molecule has 0 radical (unpaired) electrons. The van der Waals surface area contributed by atoms with Crippen LogP contribution in [0, 0.1) is 11.6 Å². The molecule has 0 atom stereocenters. The van der Waals surface area contributed by atoms with Gasteiger partial charge < -0.3 is 10.6 Å². The first kappa shape index (κ1) is 19.2. The van der Waals surface area contributed by atoms with E-state index in [1.165, 1.54) is 42.6 Å². The fourth-order valence-corrected chi connectivity index (χ4v) is 2.55. The highest BCUT2D eigenvalue weighted by Gasteiger charge is 2.12. The molecule has 2 amide bonds. The Balaban J connectivity index is 1.60. The zero-order valence-electron chi connectivity index (χ0n) is 14.8. The molecule has 0 spiro atoms. The van der Waals surface area contributed by atoms with Crippen LogP contribution in [-0.4, -0.2) is 16.8 Å².